The number of rotatable bonds is 1. The van der Waals surface area contributed by atoms with Crippen molar-refractivity contribution in [3.05, 3.63) is 15.9 Å². The molecule has 1 aromatic heterocycles. The summed E-state index contributed by atoms with van der Waals surface area (Å²) >= 11 is 11.4. The molecular weight excluding hydrogens is 211 g/mol. The Balaban J connectivity index is 3.30. The average Bonchev–Trinajstić information content (AvgIpc) is 2.03. The summed E-state index contributed by atoms with van der Waals surface area (Å²) in [6.07, 6.45) is 0. The number of hydrogen-bond donors (Lipinski definition) is 0. The van der Waals surface area contributed by atoms with Crippen LogP contribution in [0.4, 0.5) is 5.95 Å². The minimum Gasteiger partial charge on any atom is -0.347 e. The molecule has 0 atom stereocenters. The van der Waals surface area contributed by atoms with Crippen LogP contribution in [-0.2, 0) is 0 Å². The van der Waals surface area contributed by atoms with E-state index in [1.807, 2.05) is 6.07 Å². The van der Waals surface area contributed by atoms with E-state index in [-0.39, 0.29) is 15.9 Å². The highest BCUT2D eigenvalue weighted by Gasteiger charge is 2.11. The Bertz CT molecular complexity index is 346. The number of nitriles is 1. The first kappa shape index (κ1) is 10.0. The van der Waals surface area contributed by atoms with Gasteiger partial charge in [0, 0.05) is 14.1 Å². The van der Waals surface area contributed by atoms with E-state index in [0.717, 1.165) is 0 Å². The molecule has 4 nitrogen and oxygen atoms in total. The predicted octanol–water partition coefficient (Wildman–Crippen LogP) is 1.72. The number of nitrogens with zero attached hydrogens (tertiary/aromatic N) is 4. The van der Waals surface area contributed by atoms with Crippen LogP contribution in [0.15, 0.2) is 0 Å². The van der Waals surface area contributed by atoms with E-state index < -0.39 is 0 Å². The minimum absolute atomic E-state index is 0.0752. The lowest BCUT2D eigenvalue weighted by atomic mass is 10.4. The summed E-state index contributed by atoms with van der Waals surface area (Å²) in [6.45, 7) is 0. The maximum atomic E-state index is 8.62. The van der Waals surface area contributed by atoms with Gasteiger partial charge >= 0.3 is 0 Å². The highest BCUT2D eigenvalue weighted by atomic mass is 35.5. The lowest BCUT2D eigenvalue weighted by molar-refractivity contribution is 0.995. The van der Waals surface area contributed by atoms with Gasteiger partial charge in [-0.1, -0.05) is 23.2 Å². The molecule has 0 amide bonds. The Hall–Kier alpha value is -1.05. The molecule has 1 heterocycles. The average molecular weight is 217 g/mol. The van der Waals surface area contributed by atoms with Gasteiger partial charge in [0.1, 0.15) is 11.6 Å². The van der Waals surface area contributed by atoms with Crippen molar-refractivity contribution in [3.63, 3.8) is 0 Å². The van der Waals surface area contributed by atoms with Crippen LogP contribution in [-0.4, -0.2) is 24.1 Å². The quantitative estimate of drug-likeness (QED) is 0.672. The first-order valence-electron chi connectivity index (χ1n) is 3.36. The molecule has 0 unspecified atom stereocenters. The van der Waals surface area contributed by atoms with Gasteiger partial charge in [-0.15, -0.1) is 0 Å². The molecule has 0 radical (unpaired) electrons. The molecule has 0 saturated heterocycles. The second kappa shape index (κ2) is 3.77. The Kier molecular flexibility index (Phi) is 2.91. The van der Waals surface area contributed by atoms with Crippen LogP contribution in [0.3, 0.4) is 0 Å². The van der Waals surface area contributed by atoms with E-state index in [0.29, 0.717) is 5.95 Å². The summed E-state index contributed by atoms with van der Waals surface area (Å²) in [6, 6.07) is 1.82. The summed E-state index contributed by atoms with van der Waals surface area (Å²) in [4.78, 5) is 9.41. The number of anilines is 1. The van der Waals surface area contributed by atoms with Crippen molar-refractivity contribution in [2.24, 2.45) is 0 Å². The van der Waals surface area contributed by atoms with Crippen molar-refractivity contribution in [3.8, 4) is 6.07 Å². The summed E-state index contributed by atoms with van der Waals surface area (Å²) in [5.41, 5.74) is 0.105. The van der Waals surface area contributed by atoms with Gasteiger partial charge in [0.15, 0.2) is 10.3 Å². The largest absolute Gasteiger partial charge is 0.347 e. The lowest BCUT2D eigenvalue weighted by Gasteiger charge is -2.10. The SMILES string of the molecule is CN(C)c1nc(Cl)c(C#N)c(Cl)n1. The van der Waals surface area contributed by atoms with Crippen molar-refractivity contribution in [2.75, 3.05) is 19.0 Å². The van der Waals surface area contributed by atoms with E-state index in [4.69, 9.17) is 28.5 Å². The number of aromatic nitrogens is 2. The van der Waals surface area contributed by atoms with Gasteiger partial charge in [0.25, 0.3) is 0 Å². The number of halogens is 2. The summed E-state index contributed by atoms with van der Waals surface area (Å²) in [5, 5.41) is 8.77. The molecule has 1 aromatic rings. The van der Waals surface area contributed by atoms with Gasteiger partial charge in [-0.2, -0.15) is 15.2 Å². The molecule has 6 heteroatoms. The molecule has 0 aliphatic carbocycles. The summed E-state index contributed by atoms with van der Waals surface area (Å²) in [7, 11) is 3.52. The minimum atomic E-state index is 0.0752. The van der Waals surface area contributed by atoms with Crippen LogP contribution < -0.4 is 4.90 Å². The third kappa shape index (κ3) is 2.00. The summed E-state index contributed by atoms with van der Waals surface area (Å²) < 4.78 is 0. The van der Waals surface area contributed by atoms with Gasteiger partial charge in [0.05, 0.1) is 0 Å². The molecule has 0 fully saturated rings. The second-order valence-corrected chi connectivity index (χ2v) is 3.20. The van der Waals surface area contributed by atoms with Crippen molar-refractivity contribution in [1.29, 1.82) is 5.26 Å². The van der Waals surface area contributed by atoms with Crippen LogP contribution in [0.2, 0.25) is 10.3 Å². The Labute approximate surface area is 85.7 Å². The smallest absolute Gasteiger partial charge is 0.227 e. The zero-order valence-corrected chi connectivity index (χ0v) is 8.56. The fraction of sp³-hybridized carbons (Fsp3) is 0.286. The maximum Gasteiger partial charge on any atom is 0.227 e. The Morgan fingerprint density at radius 3 is 2.00 bits per heavy atom. The van der Waals surface area contributed by atoms with E-state index >= 15 is 0 Å². The normalized spacial score (nSPS) is 9.46. The Morgan fingerprint density at radius 1 is 1.23 bits per heavy atom. The highest BCUT2D eigenvalue weighted by molar-refractivity contribution is 6.35. The van der Waals surface area contributed by atoms with Gasteiger partial charge in [-0.3, -0.25) is 0 Å². The van der Waals surface area contributed by atoms with Crippen molar-refractivity contribution in [1.82, 2.24) is 9.97 Å². The molecule has 0 aliphatic heterocycles. The summed E-state index contributed by atoms with van der Waals surface area (Å²) in [5.74, 6) is 0.383. The number of hydrogen-bond acceptors (Lipinski definition) is 4. The zero-order chi connectivity index (χ0) is 10.0. The predicted molar refractivity (Wildman–Crippen MR) is 51.1 cm³/mol. The standard InChI is InChI=1S/C7H6Cl2N4/c1-13(2)7-11-5(8)4(3-10)6(9)12-7/h1-2H3. The Morgan fingerprint density at radius 2 is 1.69 bits per heavy atom. The monoisotopic (exact) mass is 216 g/mol. The van der Waals surface area contributed by atoms with Crippen LogP contribution in [0, 0.1) is 11.3 Å². The van der Waals surface area contributed by atoms with Crippen LogP contribution >= 0.6 is 23.2 Å². The van der Waals surface area contributed by atoms with Crippen LogP contribution in [0.1, 0.15) is 5.56 Å². The van der Waals surface area contributed by atoms with Gasteiger partial charge < -0.3 is 4.90 Å². The van der Waals surface area contributed by atoms with E-state index in [1.165, 1.54) is 0 Å². The molecule has 0 aliphatic rings. The fourth-order valence-electron chi connectivity index (χ4n) is 0.690. The molecule has 13 heavy (non-hydrogen) atoms. The third-order valence-corrected chi connectivity index (χ3v) is 1.87. The van der Waals surface area contributed by atoms with Crippen molar-refractivity contribution in [2.45, 2.75) is 0 Å². The fourth-order valence-corrected chi connectivity index (χ4v) is 1.15. The first-order chi connectivity index (χ1) is 6.06. The first-order valence-corrected chi connectivity index (χ1v) is 4.12. The molecule has 0 aromatic carbocycles. The van der Waals surface area contributed by atoms with Gasteiger partial charge in [-0.25, -0.2) is 0 Å². The highest BCUT2D eigenvalue weighted by Crippen LogP contribution is 2.22. The maximum absolute atomic E-state index is 8.62. The third-order valence-electron chi connectivity index (χ3n) is 1.32. The zero-order valence-electron chi connectivity index (χ0n) is 7.04. The molecule has 0 bridgehead atoms. The topological polar surface area (TPSA) is 52.8 Å². The molecule has 1 rings (SSSR count). The van der Waals surface area contributed by atoms with Crippen LogP contribution in [0.25, 0.3) is 0 Å². The molecule has 0 saturated carbocycles. The second-order valence-electron chi connectivity index (χ2n) is 2.49. The molecule has 0 N–H and O–H groups in total. The van der Waals surface area contributed by atoms with Crippen LogP contribution in [0.5, 0.6) is 0 Å². The van der Waals surface area contributed by atoms with E-state index in [9.17, 15) is 0 Å². The molecule has 0 spiro atoms. The molecular formula is C7H6Cl2N4. The lowest BCUT2D eigenvalue weighted by Crippen LogP contribution is -2.13. The molecule has 68 valence electrons. The van der Waals surface area contributed by atoms with Gasteiger partial charge in [0.2, 0.25) is 5.95 Å². The van der Waals surface area contributed by atoms with Gasteiger partial charge in [-0.05, 0) is 0 Å². The van der Waals surface area contributed by atoms with Crippen molar-refractivity contribution >= 4 is 29.2 Å². The van der Waals surface area contributed by atoms with Crippen molar-refractivity contribution < 1.29 is 0 Å². The van der Waals surface area contributed by atoms with E-state index in [1.54, 1.807) is 19.0 Å². The van der Waals surface area contributed by atoms with E-state index in [2.05, 4.69) is 9.97 Å².